The Morgan fingerprint density at radius 2 is 1.90 bits per heavy atom. The number of hydrogen-bond donors (Lipinski definition) is 1. The third kappa shape index (κ3) is 7.50. The van der Waals surface area contributed by atoms with Gasteiger partial charge in [0.2, 0.25) is 0 Å². The molecule has 0 aromatic heterocycles. The Morgan fingerprint density at radius 3 is 2.45 bits per heavy atom. The second-order valence-electron chi connectivity index (χ2n) is 5.18. The lowest BCUT2D eigenvalue weighted by Crippen LogP contribution is -2.28. The van der Waals surface area contributed by atoms with Crippen LogP contribution >= 0.6 is 0 Å². The summed E-state index contributed by atoms with van der Waals surface area (Å²) in [5.41, 5.74) is 1.25. The van der Waals surface area contributed by atoms with E-state index < -0.39 is 9.84 Å². The molecule has 5 heteroatoms. The van der Waals surface area contributed by atoms with Gasteiger partial charge in [0.05, 0.1) is 5.75 Å². The molecular weight excluding hydrogens is 274 g/mol. The van der Waals surface area contributed by atoms with E-state index in [2.05, 4.69) is 19.2 Å². The Balaban J connectivity index is 2.40. The van der Waals surface area contributed by atoms with Crippen LogP contribution in [0.1, 0.15) is 25.8 Å². The first-order chi connectivity index (χ1) is 9.40. The summed E-state index contributed by atoms with van der Waals surface area (Å²) in [7, 11) is -2.96. The first-order valence-corrected chi connectivity index (χ1v) is 9.09. The summed E-state index contributed by atoms with van der Waals surface area (Å²) in [4.78, 5) is 0. The highest BCUT2D eigenvalue weighted by molar-refractivity contribution is 7.90. The van der Waals surface area contributed by atoms with Crippen LogP contribution in [-0.4, -0.2) is 39.6 Å². The number of rotatable bonds is 9. The van der Waals surface area contributed by atoms with Gasteiger partial charge in [-0.3, -0.25) is 0 Å². The highest BCUT2D eigenvalue weighted by atomic mass is 32.2. The van der Waals surface area contributed by atoms with Crippen molar-refractivity contribution in [3.8, 4) is 5.75 Å². The maximum Gasteiger partial charge on any atom is 0.150 e. The molecule has 1 atom stereocenters. The molecule has 1 aromatic rings. The molecule has 0 aliphatic heterocycles. The molecule has 1 unspecified atom stereocenters. The van der Waals surface area contributed by atoms with Crippen LogP contribution in [0.5, 0.6) is 5.75 Å². The van der Waals surface area contributed by atoms with Gasteiger partial charge in [-0.15, -0.1) is 0 Å². The zero-order valence-corrected chi connectivity index (χ0v) is 13.4. The van der Waals surface area contributed by atoms with E-state index in [1.807, 2.05) is 24.3 Å². The predicted molar refractivity (Wildman–Crippen MR) is 83.1 cm³/mol. The van der Waals surface area contributed by atoms with Gasteiger partial charge in [-0.05, 0) is 44.0 Å². The second-order valence-corrected chi connectivity index (χ2v) is 7.44. The maximum atomic E-state index is 11.0. The zero-order valence-electron chi connectivity index (χ0n) is 12.6. The molecule has 1 aromatic carbocycles. The van der Waals surface area contributed by atoms with E-state index in [4.69, 9.17) is 4.74 Å². The van der Waals surface area contributed by atoms with Gasteiger partial charge in [0.1, 0.15) is 12.4 Å². The Labute approximate surface area is 122 Å². The summed E-state index contributed by atoms with van der Waals surface area (Å²) in [5.74, 6) is 0.763. The summed E-state index contributed by atoms with van der Waals surface area (Å²) in [6, 6.07) is 8.29. The fraction of sp³-hybridized carbons (Fsp3) is 0.600. The quantitative estimate of drug-likeness (QED) is 0.758. The second kappa shape index (κ2) is 8.27. The van der Waals surface area contributed by atoms with Crippen molar-refractivity contribution >= 4 is 9.84 Å². The lowest BCUT2D eigenvalue weighted by atomic mass is 10.1. The topological polar surface area (TPSA) is 55.4 Å². The molecule has 0 aliphatic rings. The Morgan fingerprint density at radius 1 is 1.25 bits per heavy atom. The summed E-state index contributed by atoms with van der Waals surface area (Å²) in [6.07, 6.45) is 3.32. The van der Waals surface area contributed by atoms with Gasteiger partial charge < -0.3 is 10.1 Å². The van der Waals surface area contributed by atoms with Gasteiger partial charge in [0.25, 0.3) is 0 Å². The smallest absolute Gasteiger partial charge is 0.150 e. The van der Waals surface area contributed by atoms with E-state index in [-0.39, 0.29) is 12.4 Å². The highest BCUT2D eigenvalue weighted by Gasteiger charge is 2.04. The van der Waals surface area contributed by atoms with Crippen LogP contribution in [0.2, 0.25) is 0 Å². The van der Waals surface area contributed by atoms with Gasteiger partial charge in [-0.2, -0.15) is 0 Å². The highest BCUT2D eigenvalue weighted by Crippen LogP contribution is 2.13. The number of sulfone groups is 1. The van der Waals surface area contributed by atoms with Crippen molar-refractivity contribution in [2.75, 3.05) is 25.2 Å². The number of nitrogens with one attached hydrogen (secondary N) is 1. The van der Waals surface area contributed by atoms with Gasteiger partial charge in [0, 0.05) is 12.3 Å². The van der Waals surface area contributed by atoms with Crippen molar-refractivity contribution < 1.29 is 13.2 Å². The van der Waals surface area contributed by atoms with E-state index in [1.165, 1.54) is 11.8 Å². The van der Waals surface area contributed by atoms with Gasteiger partial charge in [-0.1, -0.05) is 19.1 Å². The van der Waals surface area contributed by atoms with Crippen LogP contribution in [0.4, 0.5) is 0 Å². The van der Waals surface area contributed by atoms with Crippen LogP contribution in [-0.2, 0) is 16.3 Å². The molecule has 0 fully saturated rings. The van der Waals surface area contributed by atoms with Crippen LogP contribution in [0, 0.1) is 0 Å². The minimum absolute atomic E-state index is 0.0483. The SMILES string of the molecule is CCCNC(C)Cc1ccc(OCCS(C)(=O)=O)cc1. The molecule has 0 spiro atoms. The molecular formula is C15H25NO3S. The largest absolute Gasteiger partial charge is 0.493 e. The predicted octanol–water partition coefficient (Wildman–Crippen LogP) is 2.04. The molecule has 0 heterocycles. The van der Waals surface area contributed by atoms with Gasteiger partial charge in [0.15, 0.2) is 9.84 Å². The number of hydrogen-bond acceptors (Lipinski definition) is 4. The normalized spacial score (nSPS) is 13.2. The van der Waals surface area contributed by atoms with E-state index >= 15 is 0 Å². The molecule has 0 saturated heterocycles. The van der Waals surface area contributed by atoms with Crippen molar-refractivity contribution in [3.63, 3.8) is 0 Å². The van der Waals surface area contributed by atoms with E-state index in [0.717, 1.165) is 19.4 Å². The van der Waals surface area contributed by atoms with E-state index in [0.29, 0.717) is 11.8 Å². The van der Waals surface area contributed by atoms with Crippen molar-refractivity contribution in [1.29, 1.82) is 0 Å². The minimum atomic E-state index is -2.96. The van der Waals surface area contributed by atoms with Gasteiger partial charge >= 0.3 is 0 Å². The van der Waals surface area contributed by atoms with Crippen LogP contribution in [0.3, 0.4) is 0 Å². The molecule has 20 heavy (non-hydrogen) atoms. The summed E-state index contributed by atoms with van der Waals surface area (Å²) in [6.45, 7) is 5.56. The van der Waals surface area contributed by atoms with Crippen LogP contribution < -0.4 is 10.1 Å². The van der Waals surface area contributed by atoms with Gasteiger partial charge in [-0.25, -0.2) is 8.42 Å². The molecule has 114 valence electrons. The molecule has 0 radical (unpaired) electrons. The van der Waals surface area contributed by atoms with Crippen molar-refractivity contribution in [1.82, 2.24) is 5.32 Å². The zero-order chi connectivity index (χ0) is 15.0. The fourth-order valence-electron chi connectivity index (χ4n) is 1.85. The molecule has 1 N–H and O–H groups in total. The fourth-order valence-corrected chi connectivity index (χ4v) is 2.24. The third-order valence-corrected chi connectivity index (χ3v) is 3.84. The first-order valence-electron chi connectivity index (χ1n) is 7.03. The minimum Gasteiger partial charge on any atom is -0.493 e. The summed E-state index contributed by atoms with van der Waals surface area (Å²) < 4.78 is 27.4. The Hall–Kier alpha value is -1.07. The van der Waals surface area contributed by atoms with Crippen LogP contribution in [0.25, 0.3) is 0 Å². The standard InChI is InChI=1S/C15H25NO3S/c1-4-9-16-13(2)12-14-5-7-15(8-6-14)19-10-11-20(3,17)18/h5-8,13,16H,4,9-12H2,1-3H3. The summed E-state index contributed by atoms with van der Waals surface area (Å²) >= 11 is 0. The lowest BCUT2D eigenvalue weighted by molar-refractivity contribution is 0.341. The van der Waals surface area contributed by atoms with E-state index in [1.54, 1.807) is 0 Å². The molecule has 0 saturated carbocycles. The average Bonchev–Trinajstić information content (AvgIpc) is 2.37. The molecule has 4 nitrogen and oxygen atoms in total. The maximum absolute atomic E-state index is 11.0. The molecule has 0 aliphatic carbocycles. The average molecular weight is 299 g/mol. The van der Waals surface area contributed by atoms with Crippen molar-refractivity contribution in [2.45, 2.75) is 32.7 Å². The summed E-state index contributed by atoms with van der Waals surface area (Å²) in [5, 5.41) is 3.45. The molecule has 0 amide bonds. The van der Waals surface area contributed by atoms with Crippen LogP contribution in [0.15, 0.2) is 24.3 Å². The molecule has 0 bridgehead atoms. The number of benzene rings is 1. The van der Waals surface area contributed by atoms with Crippen molar-refractivity contribution in [3.05, 3.63) is 29.8 Å². The Bertz CT molecular complexity index is 482. The number of ether oxygens (including phenoxy) is 1. The third-order valence-electron chi connectivity index (χ3n) is 2.93. The van der Waals surface area contributed by atoms with Crippen molar-refractivity contribution in [2.24, 2.45) is 0 Å². The van der Waals surface area contributed by atoms with E-state index in [9.17, 15) is 8.42 Å². The lowest BCUT2D eigenvalue weighted by Gasteiger charge is -2.13. The Kier molecular flexibility index (Phi) is 7.02. The molecule has 1 rings (SSSR count). The first kappa shape index (κ1) is 17.0. The monoisotopic (exact) mass is 299 g/mol.